The van der Waals surface area contributed by atoms with Crippen LogP contribution < -0.4 is 0 Å². The molecule has 1 N–H and O–H groups in total. The van der Waals surface area contributed by atoms with Gasteiger partial charge in [0.15, 0.2) is 0 Å². The number of hydrogen-bond donors (Lipinski definition) is 1. The molecule has 0 saturated heterocycles. The molecule has 96 valence electrons. The molecule has 0 aromatic carbocycles. The zero-order valence-corrected chi connectivity index (χ0v) is 10.4. The lowest BCUT2D eigenvalue weighted by atomic mass is 10.2. The number of carbonyl (C=O) groups is 1. The van der Waals surface area contributed by atoms with E-state index in [0.717, 1.165) is 13.0 Å². The molecule has 0 radical (unpaired) electrons. The summed E-state index contributed by atoms with van der Waals surface area (Å²) in [7, 11) is 3.27. The van der Waals surface area contributed by atoms with Crippen molar-refractivity contribution < 1.29 is 19.4 Å². The minimum absolute atomic E-state index is 0.424. The topological polar surface area (TPSA) is 59.0 Å². The van der Waals surface area contributed by atoms with E-state index in [0.29, 0.717) is 26.2 Å². The molecular formula is C11H23NO4. The van der Waals surface area contributed by atoms with Crippen LogP contribution in [0.2, 0.25) is 0 Å². The Morgan fingerprint density at radius 2 is 1.88 bits per heavy atom. The molecule has 1 unspecified atom stereocenters. The van der Waals surface area contributed by atoms with Crippen LogP contribution >= 0.6 is 0 Å². The highest BCUT2D eigenvalue weighted by Crippen LogP contribution is 2.05. The number of aliphatic carboxylic acids is 1. The summed E-state index contributed by atoms with van der Waals surface area (Å²) in [6, 6.07) is -0.424. The molecule has 1 atom stereocenters. The number of hydrogen-bond acceptors (Lipinski definition) is 4. The summed E-state index contributed by atoms with van der Waals surface area (Å²) >= 11 is 0. The Morgan fingerprint density at radius 1 is 1.25 bits per heavy atom. The Balaban J connectivity index is 4.19. The predicted molar refractivity (Wildman–Crippen MR) is 61.7 cm³/mol. The van der Waals surface area contributed by atoms with Gasteiger partial charge in [-0.2, -0.15) is 0 Å². The van der Waals surface area contributed by atoms with Gasteiger partial charge in [0.1, 0.15) is 6.04 Å². The molecule has 5 heteroatoms. The second-order valence-electron chi connectivity index (χ2n) is 3.64. The highest BCUT2D eigenvalue weighted by Gasteiger charge is 2.22. The SMILES string of the molecule is CCC(C(=O)O)N(CCCOC)CCOC. The fourth-order valence-electron chi connectivity index (χ4n) is 1.63. The summed E-state index contributed by atoms with van der Waals surface area (Å²) < 4.78 is 9.95. The van der Waals surface area contributed by atoms with Crippen LogP contribution in [0.25, 0.3) is 0 Å². The third kappa shape index (κ3) is 6.05. The van der Waals surface area contributed by atoms with Crippen LogP contribution in [0.4, 0.5) is 0 Å². The summed E-state index contributed by atoms with van der Waals surface area (Å²) in [5.41, 5.74) is 0. The molecule has 16 heavy (non-hydrogen) atoms. The normalized spacial score (nSPS) is 13.0. The van der Waals surface area contributed by atoms with Gasteiger partial charge in [-0.3, -0.25) is 9.69 Å². The largest absolute Gasteiger partial charge is 0.480 e. The molecule has 0 saturated carbocycles. The molecule has 0 rings (SSSR count). The van der Waals surface area contributed by atoms with E-state index in [-0.39, 0.29) is 0 Å². The second-order valence-corrected chi connectivity index (χ2v) is 3.64. The lowest BCUT2D eigenvalue weighted by molar-refractivity contribution is -0.143. The van der Waals surface area contributed by atoms with Gasteiger partial charge in [0.05, 0.1) is 6.61 Å². The highest BCUT2D eigenvalue weighted by molar-refractivity contribution is 5.73. The van der Waals surface area contributed by atoms with Gasteiger partial charge in [0.2, 0.25) is 0 Å². The van der Waals surface area contributed by atoms with E-state index in [1.807, 2.05) is 11.8 Å². The Kier molecular flexibility index (Phi) is 9.18. The zero-order valence-electron chi connectivity index (χ0n) is 10.4. The summed E-state index contributed by atoms with van der Waals surface area (Å²) in [6.45, 7) is 4.46. The summed E-state index contributed by atoms with van der Waals surface area (Å²) in [6.07, 6.45) is 1.44. The van der Waals surface area contributed by atoms with Crippen LogP contribution in [-0.2, 0) is 14.3 Å². The second kappa shape index (κ2) is 9.57. The first kappa shape index (κ1) is 15.3. The number of methoxy groups -OCH3 is 2. The maximum Gasteiger partial charge on any atom is 0.320 e. The molecule has 5 nitrogen and oxygen atoms in total. The first-order valence-electron chi connectivity index (χ1n) is 5.62. The predicted octanol–water partition coefficient (Wildman–Crippen LogP) is 0.835. The van der Waals surface area contributed by atoms with Gasteiger partial charge in [-0.05, 0) is 12.8 Å². The summed E-state index contributed by atoms with van der Waals surface area (Å²) in [4.78, 5) is 13.0. The van der Waals surface area contributed by atoms with Crippen molar-refractivity contribution in [3.05, 3.63) is 0 Å². The van der Waals surface area contributed by atoms with Crippen LogP contribution in [0.15, 0.2) is 0 Å². The molecule has 0 fully saturated rings. The summed E-state index contributed by atoms with van der Waals surface area (Å²) in [5, 5.41) is 9.09. The molecule has 0 aromatic rings. The van der Waals surface area contributed by atoms with E-state index in [1.165, 1.54) is 0 Å². The number of nitrogens with zero attached hydrogens (tertiary/aromatic N) is 1. The van der Waals surface area contributed by atoms with Gasteiger partial charge in [0.25, 0.3) is 0 Å². The van der Waals surface area contributed by atoms with Crippen molar-refractivity contribution in [2.75, 3.05) is 40.5 Å². The van der Waals surface area contributed by atoms with Crippen LogP contribution in [0.5, 0.6) is 0 Å². The fraction of sp³-hybridized carbons (Fsp3) is 0.909. The van der Waals surface area contributed by atoms with Crippen LogP contribution in [0.3, 0.4) is 0 Å². The first-order valence-corrected chi connectivity index (χ1v) is 5.62. The van der Waals surface area contributed by atoms with Crippen molar-refractivity contribution in [2.45, 2.75) is 25.8 Å². The maximum absolute atomic E-state index is 11.1. The molecular weight excluding hydrogens is 210 g/mol. The average Bonchev–Trinajstić information content (AvgIpc) is 2.25. The van der Waals surface area contributed by atoms with Gasteiger partial charge in [-0.25, -0.2) is 0 Å². The average molecular weight is 233 g/mol. The Bertz CT molecular complexity index is 187. The van der Waals surface area contributed by atoms with Crippen LogP contribution in [-0.4, -0.2) is 62.5 Å². The smallest absolute Gasteiger partial charge is 0.320 e. The zero-order chi connectivity index (χ0) is 12.4. The lowest BCUT2D eigenvalue weighted by Crippen LogP contribution is -2.43. The third-order valence-electron chi connectivity index (χ3n) is 2.49. The number of carboxylic acids is 1. The van der Waals surface area contributed by atoms with Gasteiger partial charge in [-0.1, -0.05) is 6.92 Å². The summed E-state index contributed by atoms with van der Waals surface area (Å²) in [5.74, 6) is -0.768. The van der Waals surface area contributed by atoms with E-state index < -0.39 is 12.0 Å². The highest BCUT2D eigenvalue weighted by atomic mass is 16.5. The van der Waals surface area contributed by atoms with E-state index in [9.17, 15) is 4.79 Å². The van der Waals surface area contributed by atoms with Crippen LogP contribution in [0, 0.1) is 0 Å². The van der Waals surface area contributed by atoms with Gasteiger partial charge in [0, 0.05) is 33.9 Å². The number of ether oxygens (including phenoxy) is 2. The molecule has 0 bridgehead atoms. The molecule has 0 heterocycles. The van der Waals surface area contributed by atoms with Crippen molar-refractivity contribution in [3.63, 3.8) is 0 Å². The van der Waals surface area contributed by atoms with E-state index in [1.54, 1.807) is 14.2 Å². The van der Waals surface area contributed by atoms with E-state index >= 15 is 0 Å². The number of carboxylic acid groups (broad SMARTS) is 1. The minimum Gasteiger partial charge on any atom is -0.480 e. The van der Waals surface area contributed by atoms with Crippen molar-refractivity contribution in [1.29, 1.82) is 0 Å². The third-order valence-corrected chi connectivity index (χ3v) is 2.49. The van der Waals surface area contributed by atoms with E-state index in [2.05, 4.69) is 0 Å². The minimum atomic E-state index is -0.768. The fourth-order valence-corrected chi connectivity index (χ4v) is 1.63. The lowest BCUT2D eigenvalue weighted by Gasteiger charge is -2.27. The Hall–Kier alpha value is -0.650. The van der Waals surface area contributed by atoms with Gasteiger partial charge in [-0.15, -0.1) is 0 Å². The van der Waals surface area contributed by atoms with Crippen LogP contribution in [0.1, 0.15) is 19.8 Å². The standard InChI is InChI=1S/C11H23NO4/c1-4-10(11(13)14)12(7-9-16-3)6-5-8-15-2/h10H,4-9H2,1-3H3,(H,13,14). The molecule has 0 aliphatic heterocycles. The van der Waals surface area contributed by atoms with Gasteiger partial charge >= 0.3 is 5.97 Å². The molecule has 0 aromatic heterocycles. The monoisotopic (exact) mass is 233 g/mol. The quantitative estimate of drug-likeness (QED) is 0.566. The van der Waals surface area contributed by atoms with Crippen molar-refractivity contribution in [3.8, 4) is 0 Å². The maximum atomic E-state index is 11.1. The molecule has 0 aliphatic carbocycles. The van der Waals surface area contributed by atoms with Crippen molar-refractivity contribution >= 4 is 5.97 Å². The Morgan fingerprint density at radius 3 is 2.31 bits per heavy atom. The molecule has 0 aliphatic rings. The van der Waals surface area contributed by atoms with Gasteiger partial charge < -0.3 is 14.6 Å². The van der Waals surface area contributed by atoms with E-state index in [4.69, 9.17) is 14.6 Å². The molecule has 0 amide bonds. The van der Waals surface area contributed by atoms with Crippen molar-refractivity contribution in [2.24, 2.45) is 0 Å². The first-order chi connectivity index (χ1) is 7.67. The van der Waals surface area contributed by atoms with Crippen molar-refractivity contribution in [1.82, 2.24) is 4.90 Å². The Labute approximate surface area is 97.3 Å². The molecule has 0 spiro atoms. The number of rotatable bonds is 10.